The molecule has 1 heterocycles. The standard InChI is InChI=1S/C19H17Cl2N3O2/c1-26-18-16(20)9-15(10-17(18)21)19(25)22-11-13-3-5-14(6-4-13)12-24-8-2-7-23-24/h2-10H,11-12H2,1H3,(H,22,25). The van der Waals surface area contributed by atoms with Crippen LogP contribution in [-0.2, 0) is 13.1 Å². The Morgan fingerprint density at radius 1 is 1.15 bits per heavy atom. The fraction of sp³-hybridized carbons (Fsp3) is 0.158. The number of carbonyl (C=O) groups excluding carboxylic acids is 1. The molecule has 26 heavy (non-hydrogen) atoms. The maximum absolute atomic E-state index is 12.3. The van der Waals surface area contributed by atoms with Crippen molar-refractivity contribution in [2.45, 2.75) is 13.1 Å². The van der Waals surface area contributed by atoms with Crippen LogP contribution in [-0.4, -0.2) is 22.8 Å². The largest absolute Gasteiger partial charge is 0.494 e. The number of rotatable bonds is 6. The second-order valence-corrected chi connectivity index (χ2v) is 6.49. The lowest BCUT2D eigenvalue weighted by atomic mass is 10.1. The Balaban J connectivity index is 1.61. The van der Waals surface area contributed by atoms with E-state index in [1.54, 1.807) is 6.20 Å². The number of nitrogens with zero attached hydrogens (tertiary/aromatic N) is 2. The highest BCUT2D eigenvalue weighted by atomic mass is 35.5. The summed E-state index contributed by atoms with van der Waals surface area (Å²) in [5.74, 6) is 0.106. The molecule has 0 bridgehead atoms. The third-order valence-corrected chi connectivity index (χ3v) is 4.41. The van der Waals surface area contributed by atoms with Gasteiger partial charge >= 0.3 is 0 Å². The summed E-state index contributed by atoms with van der Waals surface area (Å²) in [5.41, 5.74) is 2.52. The Labute approximate surface area is 161 Å². The van der Waals surface area contributed by atoms with Crippen molar-refractivity contribution in [3.63, 3.8) is 0 Å². The van der Waals surface area contributed by atoms with E-state index in [1.807, 2.05) is 41.2 Å². The minimum absolute atomic E-state index is 0.253. The SMILES string of the molecule is COc1c(Cl)cc(C(=O)NCc2ccc(Cn3cccn3)cc2)cc1Cl. The summed E-state index contributed by atoms with van der Waals surface area (Å²) in [6, 6.07) is 13.0. The molecule has 0 saturated heterocycles. The number of benzene rings is 2. The van der Waals surface area contributed by atoms with E-state index in [-0.39, 0.29) is 5.91 Å². The number of methoxy groups -OCH3 is 1. The first-order valence-electron chi connectivity index (χ1n) is 7.93. The molecular weight excluding hydrogens is 373 g/mol. The van der Waals surface area contributed by atoms with Crippen molar-refractivity contribution < 1.29 is 9.53 Å². The predicted molar refractivity (Wildman–Crippen MR) is 102 cm³/mol. The van der Waals surface area contributed by atoms with Crippen molar-refractivity contribution >= 4 is 29.1 Å². The molecule has 5 nitrogen and oxygen atoms in total. The average Bonchev–Trinajstić information content (AvgIpc) is 3.13. The van der Waals surface area contributed by atoms with Crippen molar-refractivity contribution in [2.24, 2.45) is 0 Å². The van der Waals surface area contributed by atoms with Gasteiger partial charge in [0.15, 0.2) is 5.75 Å². The van der Waals surface area contributed by atoms with Crippen LogP contribution < -0.4 is 10.1 Å². The third kappa shape index (κ3) is 4.36. The lowest BCUT2D eigenvalue weighted by Gasteiger charge is -2.10. The number of ether oxygens (including phenoxy) is 1. The van der Waals surface area contributed by atoms with Gasteiger partial charge in [-0.2, -0.15) is 5.10 Å². The lowest BCUT2D eigenvalue weighted by Crippen LogP contribution is -2.22. The van der Waals surface area contributed by atoms with Gasteiger partial charge in [-0.25, -0.2) is 0 Å². The normalized spacial score (nSPS) is 10.6. The number of carbonyl (C=O) groups is 1. The van der Waals surface area contributed by atoms with Gasteiger partial charge in [0.2, 0.25) is 0 Å². The fourth-order valence-electron chi connectivity index (χ4n) is 2.51. The molecule has 0 saturated carbocycles. The van der Waals surface area contributed by atoms with E-state index in [9.17, 15) is 4.79 Å². The maximum Gasteiger partial charge on any atom is 0.251 e. The Bertz CT molecular complexity index is 871. The summed E-state index contributed by atoms with van der Waals surface area (Å²) in [4.78, 5) is 12.3. The second-order valence-electron chi connectivity index (χ2n) is 5.68. The van der Waals surface area contributed by atoms with E-state index in [0.717, 1.165) is 11.1 Å². The van der Waals surface area contributed by atoms with Gasteiger partial charge in [0.25, 0.3) is 5.91 Å². The Hall–Kier alpha value is -2.50. The van der Waals surface area contributed by atoms with Gasteiger partial charge in [0, 0.05) is 24.5 Å². The molecule has 1 aromatic heterocycles. The van der Waals surface area contributed by atoms with Crippen LogP contribution in [0.1, 0.15) is 21.5 Å². The first kappa shape index (κ1) is 18.3. The first-order chi connectivity index (χ1) is 12.6. The molecule has 0 unspecified atom stereocenters. The maximum atomic E-state index is 12.3. The van der Waals surface area contributed by atoms with Crippen LogP contribution in [0.2, 0.25) is 10.0 Å². The van der Waals surface area contributed by atoms with Crippen LogP contribution in [0.25, 0.3) is 0 Å². The van der Waals surface area contributed by atoms with Crippen LogP contribution in [0.4, 0.5) is 0 Å². The molecule has 0 spiro atoms. The van der Waals surface area contributed by atoms with E-state index >= 15 is 0 Å². The minimum atomic E-state index is -0.253. The Morgan fingerprint density at radius 3 is 2.38 bits per heavy atom. The van der Waals surface area contributed by atoms with Gasteiger partial charge in [-0.3, -0.25) is 9.48 Å². The smallest absolute Gasteiger partial charge is 0.251 e. The van der Waals surface area contributed by atoms with Crippen molar-refractivity contribution in [2.75, 3.05) is 7.11 Å². The highest BCUT2D eigenvalue weighted by Crippen LogP contribution is 2.33. The van der Waals surface area contributed by atoms with Crippen LogP contribution >= 0.6 is 23.2 Å². The molecule has 2 aromatic carbocycles. The van der Waals surface area contributed by atoms with Gasteiger partial charge in [-0.15, -0.1) is 0 Å². The fourth-order valence-corrected chi connectivity index (χ4v) is 3.16. The van der Waals surface area contributed by atoms with Gasteiger partial charge in [-0.05, 0) is 29.3 Å². The highest BCUT2D eigenvalue weighted by molar-refractivity contribution is 6.37. The zero-order chi connectivity index (χ0) is 18.5. The van der Waals surface area contributed by atoms with Crippen molar-refractivity contribution in [1.82, 2.24) is 15.1 Å². The number of aromatic nitrogens is 2. The van der Waals surface area contributed by atoms with E-state index in [1.165, 1.54) is 19.2 Å². The number of amides is 1. The molecule has 1 amide bonds. The third-order valence-electron chi connectivity index (χ3n) is 3.84. The quantitative estimate of drug-likeness (QED) is 0.687. The van der Waals surface area contributed by atoms with Gasteiger partial charge < -0.3 is 10.1 Å². The van der Waals surface area contributed by atoms with E-state index < -0.39 is 0 Å². The van der Waals surface area contributed by atoms with E-state index in [4.69, 9.17) is 27.9 Å². The van der Waals surface area contributed by atoms with E-state index in [0.29, 0.717) is 34.4 Å². The van der Waals surface area contributed by atoms with Gasteiger partial charge in [0.05, 0.1) is 23.7 Å². The number of hydrogen-bond acceptors (Lipinski definition) is 3. The predicted octanol–water partition coefficient (Wildman–Crippen LogP) is 4.18. The van der Waals surface area contributed by atoms with Crippen LogP contribution in [0, 0.1) is 0 Å². The molecule has 3 rings (SSSR count). The molecular formula is C19H17Cl2N3O2. The molecule has 0 aliphatic rings. The molecule has 3 aromatic rings. The number of halogens is 2. The minimum Gasteiger partial charge on any atom is -0.494 e. The summed E-state index contributed by atoms with van der Waals surface area (Å²) in [6.45, 7) is 1.12. The first-order valence-corrected chi connectivity index (χ1v) is 8.69. The summed E-state index contributed by atoms with van der Waals surface area (Å²) in [5, 5.41) is 7.64. The molecule has 7 heteroatoms. The van der Waals surface area contributed by atoms with Gasteiger partial charge in [0.1, 0.15) is 0 Å². The van der Waals surface area contributed by atoms with Crippen LogP contribution in [0.15, 0.2) is 54.9 Å². The summed E-state index contributed by atoms with van der Waals surface area (Å²) >= 11 is 12.2. The Morgan fingerprint density at radius 2 is 1.81 bits per heavy atom. The van der Waals surface area contributed by atoms with Crippen molar-refractivity contribution in [3.8, 4) is 5.75 Å². The molecule has 1 N–H and O–H groups in total. The lowest BCUT2D eigenvalue weighted by molar-refractivity contribution is 0.0951. The molecule has 0 atom stereocenters. The molecule has 0 radical (unpaired) electrons. The zero-order valence-corrected chi connectivity index (χ0v) is 15.6. The molecule has 0 aliphatic heterocycles. The zero-order valence-electron chi connectivity index (χ0n) is 14.1. The molecule has 134 valence electrons. The second kappa shape index (κ2) is 8.25. The Kier molecular flexibility index (Phi) is 5.81. The number of nitrogens with one attached hydrogen (secondary N) is 1. The molecule has 0 fully saturated rings. The van der Waals surface area contributed by atoms with Gasteiger partial charge in [-0.1, -0.05) is 47.5 Å². The highest BCUT2D eigenvalue weighted by Gasteiger charge is 2.13. The summed E-state index contributed by atoms with van der Waals surface area (Å²) < 4.78 is 6.94. The summed E-state index contributed by atoms with van der Waals surface area (Å²) in [6.07, 6.45) is 3.67. The van der Waals surface area contributed by atoms with Crippen LogP contribution in [0.5, 0.6) is 5.75 Å². The number of hydrogen-bond donors (Lipinski definition) is 1. The van der Waals surface area contributed by atoms with Crippen molar-refractivity contribution in [3.05, 3.63) is 81.6 Å². The summed E-state index contributed by atoms with van der Waals surface area (Å²) in [7, 11) is 1.48. The monoisotopic (exact) mass is 389 g/mol. The van der Waals surface area contributed by atoms with Crippen molar-refractivity contribution in [1.29, 1.82) is 0 Å². The van der Waals surface area contributed by atoms with E-state index in [2.05, 4.69) is 10.4 Å². The topological polar surface area (TPSA) is 56.1 Å². The molecule has 0 aliphatic carbocycles. The average molecular weight is 390 g/mol. The van der Waals surface area contributed by atoms with Crippen LogP contribution in [0.3, 0.4) is 0 Å².